The van der Waals surface area contributed by atoms with Crippen LogP contribution in [0.2, 0.25) is 0 Å². The molecule has 1 N–H and O–H groups in total. The molecule has 3 rings (SSSR count). The lowest BCUT2D eigenvalue weighted by atomic mass is 10.1. The number of hydrogen-bond acceptors (Lipinski definition) is 6. The van der Waals surface area contributed by atoms with Gasteiger partial charge in [-0.15, -0.1) is 0 Å². The maximum absolute atomic E-state index is 5.51. The van der Waals surface area contributed by atoms with Gasteiger partial charge in [-0.1, -0.05) is 6.92 Å². The molecule has 2 fully saturated rings. The molecule has 1 aromatic rings. The smallest absolute Gasteiger partial charge is 0.203 e. The van der Waals surface area contributed by atoms with Crippen LogP contribution in [0.5, 0.6) is 17.2 Å². The first-order valence-electron chi connectivity index (χ1n) is 11.9. The van der Waals surface area contributed by atoms with Crippen molar-refractivity contribution in [2.45, 2.75) is 26.8 Å². The Morgan fingerprint density at radius 2 is 1.66 bits per heavy atom. The Hall–Kier alpha value is -2.19. The molecule has 180 valence electrons. The van der Waals surface area contributed by atoms with Crippen molar-refractivity contribution >= 4 is 5.96 Å². The Balaban J connectivity index is 1.57. The van der Waals surface area contributed by atoms with Crippen molar-refractivity contribution < 1.29 is 14.2 Å². The van der Waals surface area contributed by atoms with E-state index in [1.807, 2.05) is 12.1 Å². The summed E-state index contributed by atoms with van der Waals surface area (Å²) in [6, 6.07) is 4.08. The SMILES string of the molecule is CCNC(=NCC1CCN(CC)C1)N1CCN(Cc2cc(OC)c(OC)c(OC)c2)CC1. The standard InChI is InChI=1S/C24H41N5O3/c1-6-25-24(26-16-19-8-9-27(7-2)17-19)29-12-10-28(11-13-29)18-20-14-21(30-3)23(32-5)22(15-20)31-4/h14-15,19H,6-13,16-18H2,1-5H3,(H,25,26). The molecule has 0 aliphatic carbocycles. The first-order valence-corrected chi connectivity index (χ1v) is 11.9. The molecule has 2 aliphatic rings. The topological polar surface area (TPSA) is 61.8 Å². The number of nitrogens with one attached hydrogen (secondary N) is 1. The summed E-state index contributed by atoms with van der Waals surface area (Å²) in [5.41, 5.74) is 1.16. The van der Waals surface area contributed by atoms with Gasteiger partial charge >= 0.3 is 0 Å². The highest BCUT2D eigenvalue weighted by atomic mass is 16.5. The summed E-state index contributed by atoms with van der Waals surface area (Å²) in [6.45, 7) is 14.5. The van der Waals surface area contributed by atoms with Gasteiger partial charge in [0.15, 0.2) is 17.5 Å². The van der Waals surface area contributed by atoms with Crippen molar-refractivity contribution in [3.8, 4) is 17.2 Å². The van der Waals surface area contributed by atoms with Gasteiger partial charge in [-0.2, -0.15) is 0 Å². The first-order chi connectivity index (χ1) is 15.6. The van der Waals surface area contributed by atoms with E-state index in [2.05, 4.69) is 33.9 Å². The van der Waals surface area contributed by atoms with Gasteiger partial charge in [0.2, 0.25) is 5.75 Å². The van der Waals surface area contributed by atoms with Gasteiger partial charge in [0, 0.05) is 52.4 Å². The monoisotopic (exact) mass is 447 g/mol. The molecule has 0 spiro atoms. The van der Waals surface area contributed by atoms with E-state index in [1.54, 1.807) is 21.3 Å². The molecule has 0 aromatic heterocycles. The van der Waals surface area contributed by atoms with Crippen molar-refractivity contribution in [3.63, 3.8) is 0 Å². The van der Waals surface area contributed by atoms with Gasteiger partial charge < -0.3 is 29.3 Å². The van der Waals surface area contributed by atoms with Crippen LogP contribution in [0.3, 0.4) is 0 Å². The number of hydrogen-bond donors (Lipinski definition) is 1. The minimum atomic E-state index is 0.638. The fourth-order valence-electron chi connectivity index (χ4n) is 4.59. The molecule has 1 atom stereocenters. The summed E-state index contributed by atoms with van der Waals surface area (Å²) in [5.74, 6) is 3.80. The average molecular weight is 448 g/mol. The summed E-state index contributed by atoms with van der Waals surface area (Å²) in [7, 11) is 4.95. The number of aliphatic imine (C=N–C) groups is 1. The van der Waals surface area contributed by atoms with E-state index in [9.17, 15) is 0 Å². The van der Waals surface area contributed by atoms with E-state index in [-0.39, 0.29) is 0 Å². The van der Waals surface area contributed by atoms with Crippen molar-refractivity contribution in [2.75, 3.05) is 80.2 Å². The normalized spacial score (nSPS) is 20.5. The summed E-state index contributed by atoms with van der Waals surface area (Å²) in [5, 5.41) is 3.51. The van der Waals surface area contributed by atoms with E-state index < -0.39 is 0 Å². The number of methoxy groups -OCH3 is 3. The molecule has 2 aliphatic heterocycles. The molecule has 8 nitrogen and oxygen atoms in total. The quantitative estimate of drug-likeness (QED) is 0.460. The minimum Gasteiger partial charge on any atom is -0.493 e. The Morgan fingerprint density at radius 3 is 2.19 bits per heavy atom. The van der Waals surface area contributed by atoms with Gasteiger partial charge in [-0.3, -0.25) is 9.89 Å². The van der Waals surface area contributed by atoms with Gasteiger partial charge in [0.05, 0.1) is 21.3 Å². The lowest BCUT2D eigenvalue weighted by Gasteiger charge is -2.36. The highest BCUT2D eigenvalue weighted by Gasteiger charge is 2.23. The number of likely N-dealkylation sites (tertiary alicyclic amines) is 1. The Bertz CT molecular complexity index is 724. The highest BCUT2D eigenvalue weighted by molar-refractivity contribution is 5.80. The minimum absolute atomic E-state index is 0.638. The van der Waals surface area contributed by atoms with Crippen molar-refractivity contribution in [2.24, 2.45) is 10.9 Å². The molecule has 0 saturated carbocycles. The largest absolute Gasteiger partial charge is 0.493 e. The maximum atomic E-state index is 5.51. The van der Waals surface area contributed by atoms with Crippen LogP contribution in [-0.4, -0.2) is 101 Å². The van der Waals surface area contributed by atoms with Crippen LogP contribution in [-0.2, 0) is 6.54 Å². The first kappa shape index (κ1) is 24.5. The molecular weight excluding hydrogens is 406 g/mol. The molecule has 0 radical (unpaired) electrons. The van der Waals surface area contributed by atoms with Crippen LogP contribution < -0.4 is 19.5 Å². The van der Waals surface area contributed by atoms with Crippen molar-refractivity contribution in [1.29, 1.82) is 0 Å². The van der Waals surface area contributed by atoms with Crippen LogP contribution in [0, 0.1) is 5.92 Å². The third kappa shape index (κ3) is 6.19. The van der Waals surface area contributed by atoms with E-state index in [1.165, 1.54) is 19.5 Å². The summed E-state index contributed by atoms with van der Waals surface area (Å²) in [4.78, 5) is 12.4. The Labute approximate surface area is 193 Å². The number of rotatable bonds is 9. The highest BCUT2D eigenvalue weighted by Crippen LogP contribution is 2.38. The maximum Gasteiger partial charge on any atom is 0.203 e. The van der Waals surface area contributed by atoms with Gasteiger partial charge in [-0.05, 0) is 50.0 Å². The zero-order chi connectivity index (χ0) is 22.9. The Morgan fingerprint density at radius 1 is 0.969 bits per heavy atom. The fraction of sp³-hybridized carbons (Fsp3) is 0.708. The summed E-state index contributed by atoms with van der Waals surface area (Å²) in [6.07, 6.45) is 1.26. The predicted molar refractivity (Wildman–Crippen MR) is 129 cm³/mol. The number of benzene rings is 1. The summed E-state index contributed by atoms with van der Waals surface area (Å²) < 4.78 is 16.5. The van der Waals surface area contributed by atoms with Crippen LogP contribution in [0.4, 0.5) is 0 Å². The second-order valence-electron chi connectivity index (χ2n) is 8.54. The second kappa shape index (κ2) is 12.2. The Kier molecular flexibility index (Phi) is 9.29. The molecule has 1 aromatic carbocycles. The van der Waals surface area contributed by atoms with E-state index in [0.717, 1.165) is 63.9 Å². The molecule has 1 unspecified atom stereocenters. The molecule has 0 bridgehead atoms. The number of guanidine groups is 1. The predicted octanol–water partition coefficient (Wildman–Crippen LogP) is 2.14. The van der Waals surface area contributed by atoms with Gasteiger partial charge in [0.25, 0.3) is 0 Å². The molecule has 8 heteroatoms. The zero-order valence-electron chi connectivity index (χ0n) is 20.5. The zero-order valence-corrected chi connectivity index (χ0v) is 20.5. The van der Waals surface area contributed by atoms with E-state index in [0.29, 0.717) is 23.2 Å². The summed E-state index contributed by atoms with van der Waals surface area (Å²) >= 11 is 0. The van der Waals surface area contributed by atoms with Crippen LogP contribution in [0.25, 0.3) is 0 Å². The molecule has 0 amide bonds. The van der Waals surface area contributed by atoms with Gasteiger partial charge in [-0.25, -0.2) is 0 Å². The molecule has 2 saturated heterocycles. The lowest BCUT2D eigenvalue weighted by Crippen LogP contribution is -2.52. The third-order valence-electron chi connectivity index (χ3n) is 6.45. The number of piperazine rings is 1. The molecular formula is C24H41N5O3. The van der Waals surface area contributed by atoms with E-state index in [4.69, 9.17) is 19.2 Å². The van der Waals surface area contributed by atoms with Crippen molar-refractivity contribution in [3.05, 3.63) is 17.7 Å². The molecule has 2 heterocycles. The third-order valence-corrected chi connectivity index (χ3v) is 6.45. The fourth-order valence-corrected chi connectivity index (χ4v) is 4.59. The van der Waals surface area contributed by atoms with Gasteiger partial charge in [0.1, 0.15) is 0 Å². The number of nitrogens with zero attached hydrogens (tertiary/aromatic N) is 4. The lowest BCUT2D eigenvalue weighted by molar-refractivity contribution is 0.172. The van der Waals surface area contributed by atoms with Crippen LogP contribution in [0.1, 0.15) is 25.8 Å². The van der Waals surface area contributed by atoms with Crippen molar-refractivity contribution in [1.82, 2.24) is 20.0 Å². The average Bonchev–Trinajstić information content (AvgIpc) is 3.29. The number of ether oxygens (including phenoxy) is 3. The van der Waals surface area contributed by atoms with Crippen LogP contribution in [0.15, 0.2) is 17.1 Å². The molecule has 32 heavy (non-hydrogen) atoms. The van der Waals surface area contributed by atoms with E-state index >= 15 is 0 Å². The second-order valence-corrected chi connectivity index (χ2v) is 8.54. The van der Waals surface area contributed by atoms with Crippen LogP contribution >= 0.6 is 0 Å².